The molecule has 10 nitrogen and oxygen atoms in total. The van der Waals surface area contributed by atoms with Crippen molar-refractivity contribution in [2.45, 2.75) is 30.1 Å². The number of fused-ring (bicyclic) bond motifs is 1. The van der Waals surface area contributed by atoms with E-state index in [-0.39, 0.29) is 17.3 Å². The molecule has 0 saturated heterocycles. The molecule has 0 spiro atoms. The highest BCUT2D eigenvalue weighted by atomic mass is 32.2. The first-order valence-electron chi connectivity index (χ1n) is 10.9. The molecule has 2 amide bonds. The highest BCUT2D eigenvalue weighted by Crippen LogP contribution is 2.40. The molecule has 0 aliphatic carbocycles. The Morgan fingerprint density at radius 1 is 1.17 bits per heavy atom. The van der Waals surface area contributed by atoms with E-state index in [0.717, 1.165) is 21.2 Å². The summed E-state index contributed by atoms with van der Waals surface area (Å²) in [5.41, 5.74) is 2.79. The highest BCUT2D eigenvalue weighted by Gasteiger charge is 2.46. The maximum atomic E-state index is 13.5. The zero-order chi connectivity index (χ0) is 26.0. The summed E-state index contributed by atoms with van der Waals surface area (Å²) in [5.74, 6) is -0.953. The lowest BCUT2D eigenvalue weighted by atomic mass is 10.0. The Labute approximate surface area is 212 Å². The van der Waals surface area contributed by atoms with Gasteiger partial charge in [-0.2, -0.15) is 4.31 Å². The summed E-state index contributed by atoms with van der Waals surface area (Å²) in [6.45, 7) is 0.0866. The normalized spacial score (nSPS) is 17.8. The zero-order valence-corrected chi connectivity index (χ0v) is 21.1. The molecule has 1 aliphatic rings. The van der Waals surface area contributed by atoms with Gasteiger partial charge in [-0.05, 0) is 41.5 Å². The van der Waals surface area contributed by atoms with Gasteiger partial charge in [-0.15, -0.1) is 11.3 Å². The number of ether oxygens (including phenoxy) is 1. The lowest BCUT2D eigenvalue weighted by molar-refractivity contribution is -0.137. The van der Waals surface area contributed by atoms with Crippen LogP contribution in [0.4, 0.5) is 0 Å². The first kappa shape index (κ1) is 25.8. The number of sulfonamides is 1. The average molecular weight is 532 g/mol. The van der Waals surface area contributed by atoms with Crippen molar-refractivity contribution in [1.29, 1.82) is 0 Å². The van der Waals surface area contributed by atoms with Crippen LogP contribution in [-0.4, -0.2) is 60.0 Å². The van der Waals surface area contributed by atoms with Crippen LogP contribution in [0.3, 0.4) is 0 Å². The van der Waals surface area contributed by atoms with Gasteiger partial charge in [0.1, 0.15) is 17.9 Å². The first-order chi connectivity index (χ1) is 17.2. The molecule has 2 heterocycles. The largest absolute Gasteiger partial charge is 0.497 e. The van der Waals surface area contributed by atoms with E-state index in [2.05, 4.69) is 0 Å². The molecule has 1 aliphatic heterocycles. The van der Waals surface area contributed by atoms with E-state index >= 15 is 0 Å². The predicted molar refractivity (Wildman–Crippen MR) is 131 cm³/mol. The Kier molecular flexibility index (Phi) is 7.43. The van der Waals surface area contributed by atoms with Crippen LogP contribution in [0.2, 0.25) is 0 Å². The topological polar surface area (TPSA) is 136 Å². The third-order valence-electron chi connectivity index (χ3n) is 5.91. The molecule has 0 saturated carbocycles. The molecule has 190 valence electrons. The number of nitrogens with zero attached hydrogens (tertiary/aromatic N) is 2. The Morgan fingerprint density at radius 2 is 1.83 bits per heavy atom. The molecule has 2 aromatic carbocycles. The standard InChI is InChI=1S/C24H25N3O7S2/c1-26(13-15-6-4-3-5-7-15)24(30)19-12-16-14-27(20(23(29)25-31)21(28)22(16)35-19)36(32,33)18-10-8-17(34-2)9-11-18/h3-12,20-21,28,31H,13-14H2,1-2H3,(H,25,29). The van der Waals surface area contributed by atoms with Crippen molar-refractivity contribution < 1.29 is 33.1 Å². The number of benzene rings is 2. The number of methoxy groups -OCH3 is 1. The number of thiophene rings is 1. The van der Waals surface area contributed by atoms with Crippen molar-refractivity contribution >= 4 is 33.2 Å². The summed E-state index contributed by atoms with van der Waals surface area (Å²) in [6.07, 6.45) is -1.60. The molecule has 0 bridgehead atoms. The fraction of sp³-hybridized carbons (Fsp3) is 0.250. The Hall–Kier alpha value is -3.29. The molecule has 12 heteroatoms. The number of carbonyl (C=O) groups excluding carboxylic acids is 2. The first-order valence-corrected chi connectivity index (χ1v) is 13.1. The minimum atomic E-state index is -4.28. The lowest BCUT2D eigenvalue weighted by Crippen LogP contribution is -2.53. The van der Waals surface area contributed by atoms with E-state index in [1.165, 1.54) is 47.8 Å². The number of aliphatic hydroxyl groups excluding tert-OH is 1. The Morgan fingerprint density at radius 3 is 2.44 bits per heavy atom. The number of nitrogens with one attached hydrogen (secondary N) is 1. The monoisotopic (exact) mass is 531 g/mol. The van der Waals surface area contributed by atoms with Gasteiger partial charge in [0, 0.05) is 25.0 Å². The van der Waals surface area contributed by atoms with Crippen LogP contribution in [0.1, 0.15) is 31.8 Å². The van der Waals surface area contributed by atoms with Gasteiger partial charge in [0.25, 0.3) is 11.8 Å². The molecule has 3 aromatic rings. The van der Waals surface area contributed by atoms with E-state index in [1.54, 1.807) is 7.05 Å². The van der Waals surface area contributed by atoms with Crippen LogP contribution in [-0.2, 0) is 27.9 Å². The summed E-state index contributed by atoms with van der Waals surface area (Å²) in [5, 5.41) is 20.3. The molecule has 0 fully saturated rings. The van der Waals surface area contributed by atoms with Crippen molar-refractivity contribution in [3.05, 3.63) is 81.5 Å². The van der Waals surface area contributed by atoms with Crippen LogP contribution < -0.4 is 10.2 Å². The summed E-state index contributed by atoms with van der Waals surface area (Å²) in [7, 11) is -1.19. The van der Waals surface area contributed by atoms with E-state index in [0.29, 0.717) is 27.6 Å². The van der Waals surface area contributed by atoms with E-state index < -0.39 is 28.1 Å². The minimum Gasteiger partial charge on any atom is -0.497 e. The molecule has 2 atom stereocenters. The number of hydrogen-bond acceptors (Lipinski definition) is 8. The fourth-order valence-electron chi connectivity index (χ4n) is 4.06. The maximum absolute atomic E-state index is 13.5. The second-order valence-corrected chi connectivity index (χ2v) is 11.2. The Bertz CT molecular complexity index is 1360. The van der Waals surface area contributed by atoms with Gasteiger partial charge < -0.3 is 14.7 Å². The Balaban J connectivity index is 1.67. The van der Waals surface area contributed by atoms with Gasteiger partial charge in [-0.1, -0.05) is 30.3 Å². The molecule has 3 N–H and O–H groups in total. The molecule has 4 rings (SSSR count). The average Bonchev–Trinajstić information content (AvgIpc) is 3.33. The molecular formula is C24H25N3O7S2. The van der Waals surface area contributed by atoms with Crippen LogP contribution in [0, 0.1) is 0 Å². The fourth-order valence-corrected chi connectivity index (χ4v) is 6.82. The summed E-state index contributed by atoms with van der Waals surface area (Å²) in [6, 6.07) is 14.9. The van der Waals surface area contributed by atoms with Crippen molar-refractivity contribution in [2.75, 3.05) is 14.2 Å². The maximum Gasteiger partial charge on any atom is 0.264 e. The highest BCUT2D eigenvalue weighted by molar-refractivity contribution is 7.89. The molecular weight excluding hydrogens is 506 g/mol. The summed E-state index contributed by atoms with van der Waals surface area (Å²) < 4.78 is 32.8. The zero-order valence-electron chi connectivity index (χ0n) is 19.5. The van der Waals surface area contributed by atoms with E-state index in [4.69, 9.17) is 4.74 Å². The number of aliphatic hydroxyl groups is 1. The van der Waals surface area contributed by atoms with Crippen molar-refractivity contribution in [3.8, 4) is 5.75 Å². The summed E-state index contributed by atoms with van der Waals surface area (Å²) >= 11 is 0.995. The number of amides is 2. The third kappa shape index (κ3) is 4.86. The van der Waals surface area contributed by atoms with Crippen LogP contribution >= 0.6 is 11.3 Å². The van der Waals surface area contributed by atoms with Crippen LogP contribution in [0.25, 0.3) is 0 Å². The quantitative estimate of drug-likeness (QED) is 0.314. The molecule has 0 radical (unpaired) electrons. The minimum absolute atomic E-state index is 0.121. The smallest absolute Gasteiger partial charge is 0.264 e. The van der Waals surface area contributed by atoms with Gasteiger partial charge in [0.05, 0.1) is 16.9 Å². The summed E-state index contributed by atoms with van der Waals surface area (Å²) in [4.78, 5) is 27.6. The SMILES string of the molecule is COc1ccc(S(=O)(=O)N2Cc3cc(C(=O)N(C)Cc4ccccc4)sc3C(O)C2C(=O)NO)cc1. The van der Waals surface area contributed by atoms with Gasteiger partial charge in [-0.3, -0.25) is 14.8 Å². The van der Waals surface area contributed by atoms with Gasteiger partial charge in [0.2, 0.25) is 10.0 Å². The number of rotatable bonds is 7. The van der Waals surface area contributed by atoms with Crippen LogP contribution in [0.15, 0.2) is 65.6 Å². The second-order valence-electron chi connectivity index (χ2n) is 8.24. The third-order valence-corrected chi connectivity index (χ3v) is 8.99. The molecule has 1 aromatic heterocycles. The molecule has 36 heavy (non-hydrogen) atoms. The molecule has 2 unspecified atom stereocenters. The predicted octanol–water partition coefficient (Wildman–Crippen LogP) is 2.14. The number of hydroxylamine groups is 1. The van der Waals surface area contributed by atoms with Crippen molar-refractivity contribution in [2.24, 2.45) is 0 Å². The van der Waals surface area contributed by atoms with Gasteiger partial charge >= 0.3 is 0 Å². The van der Waals surface area contributed by atoms with Crippen molar-refractivity contribution in [1.82, 2.24) is 14.7 Å². The second kappa shape index (κ2) is 10.4. The number of hydrogen-bond donors (Lipinski definition) is 3. The van der Waals surface area contributed by atoms with E-state index in [9.17, 15) is 28.3 Å². The van der Waals surface area contributed by atoms with Gasteiger partial charge in [-0.25, -0.2) is 13.9 Å². The van der Waals surface area contributed by atoms with Crippen LogP contribution in [0.5, 0.6) is 5.75 Å². The van der Waals surface area contributed by atoms with E-state index in [1.807, 2.05) is 30.3 Å². The number of carbonyl (C=O) groups is 2. The van der Waals surface area contributed by atoms with Gasteiger partial charge in [0.15, 0.2) is 0 Å². The van der Waals surface area contributed by atoms with Crippen molar-refractivity contribution in [3.63, 3.8) is 0 Å². The lowest BCUT2D eigenvalue weighted by Gasteiger charge is -2.36.